The Hall–Kier alpha value is -4.18. The van der Waals surface area contributed by atoms with Crippen molar-refractivity contribution in [3.63, 3.8) is 0 Å². The van der Waals surface area contributed by atoms with Crippen molar-refractivity contribution in [3.8, 4) is 0 Å². The molecule has 10 heteroatoms. The Kier molecular flexibility index (Phi) is 9.02. The smallest absolute Gasteiger partial charge is 0.475 e. The fraction of sp³-hybridized carbons (Fsp3) is 0.222. The van der Waals surface area contributed by atoms with Crippen molar-refractivity contribution in [2.75, 3.05) is 23.3 Å². The summed E-state index contributed by atoms with van der Waals surface area (Å²) in [5.41, 5.74) is 10.4. The maximum absolute atomic E-state index is 13.1. The molecule has 0 bridgehead atoms. The van der Waals surface area contributed by atoms with Crippen molar-refractivity contribution in [2.24, 2.45) is 5.73 Å². The number of anilines is 2. The van der Waals surface area contributed by atoms with E-state index in [9.17, 15) is 22.8 Å². The molecule has 0 heterocycles. The van der Waals surface area contributed by atoms with Crippen LogP contribution in [0.3, 0.4) is 0 Å². The molecular formula is C27H26F3N3O4. The lowest BCUT2D eigenvalue weighted by molar-refractivity contribution is -0.192. The molecule has 0 saturated carbocycles. The lowest BCUT2D eigenvalue weighted by Crippen LogP contribution is -2.38. The highest BCUT2D eigenvalue weighted by molar-refractivity contribution is 6.10. The average molecular weight is 514 g/mol. The number of fused-ring (bicyclic) bond motifs is 1. The molecule has 2 amide bonds. The van der Waals surface area contributed by atoms with Gasteiger partial charge < -0.3 is 16.2 Å². The van der Waals surface area contributed by atoms with E-state index >= 15 is 0 Å². The first-order valence-corrected chi connectivity index (χ1v) is 11.4. The third-order valence-corrected chi connectivity index (χ3v) is 5.79. The topological polar surface area (TPSA) is 113 Å². The van der Waals surface area contributed by atoms with E-state index in [1.807, 2.05) is 60.7 Å². The first kappa shape index (κ1) is 27.4. The maximum Gasteiger partial charge on any atom is 0.490 e. The first-order chi connectivity index (χ1) is 17.6. The molecule has 0 aliphatic heterocycles. The second kappa shape index (κ2) is 12.2. The highest BCUT2D eigenvalue weighted by Crippen LogP contribution is 2.34. The van der Waals surface area contributed by atoms with Gasteiger partial charge in [0.15, 0.2) is 0 Å². The SMILES string of the molecule is NCC1CCc2ccc(NC(=O)CN(C(=O)c3ccccc3)c3ccccc3)cc21.O=C(O)C(F)(F)F. The Morgan fingerprint density at radius 1 is 0.973 bits per heavy atom. The number of nitrogens with two attached hydrogens (primary N) is 1. The van der Waals surface area contributed by atoms with Crippen LogP contribution in [0, 0.1) is 0 Å². The van der Waals surface area contributed by atoms with E-state index in [0.717, 1.165) is 18.5 Å². The summed E-state index contributed by atoms with van der Waals surface area (Å²) in [7, 11) is 0. The van der Waals surface area contributed by atoms with Crippen LogP contribution in [0.4, 0.5) is 24.5 Å². The third kappa shape index (κ3) is 7.40. The monoisotopic (exact) mass is 513 g/mol. The Labute approximate surface area is 211 Å². The minimum Gasteiger partial charge on any atom is -0.475 e. The molecule has 4 rings (SSSR count). The second-order valence-electron chi connectivity index (χ2n) is 8.33. The van der Waals surface area contributed by atoms with E-state index in [4.69, 9.17) is 15.6 Å². The predicted octanol–water partition coefficient (Wildman–Crippen LogP) is 4.59. The van der Waals surface area contributed by atoms with E-state index in [-0.39, 0.29) is 18.4 Å². The summed E-state index contributed by atoms with van der Waals surface area (Å²) in [5, 5.41) is 10.1. The molecule has 3 aromatic rings. The summed E-state index contributed by atoms with van der Waals surface area (Å²) in [6.45, 7) is 0.535. The molecule has 7 nitrogen and oxygen atoms in total. The molecule has 0 saturated heterocycles. The number of para-hydroxylation sites is 1. The van der Waals surface area contributed by atoms with E-state index in [0.29, 0.717) is 23.7 Å². The van der Waals surface area contributed by atoms with E-state index < -0.39 is 12.1 Å². The largest absolute Gasteiger partial charge is 0.490 e. The van der Waals surface area contributed by atoms with Crippen molar-refractivity contribution in [3.05, 3.63) is 95.6 Å². The standard InChI is InChI=1S/C25H25N3O2.C2HF3O2/c26-16-20-12-11-18-13-14-21(15-23(18)20)27-24(29)17-28(22-9-5-2-6-10-22)25(30)19-7-3-1-4-8-19;3-2(4,5)1(6)7/h1-10,13-15,20H,11-12,16-17,26H2,(H,27,29);(H,6,7). The van der Waals surface area contributed by atoms with Crippen molar-refractivity contribution in [1.29, 1.82) is 0 Å². The number of carboxylic acids is 1. The fourth-order valence-electron chi connectivity index (χ4n) is 3.98. The Morgan fingerprint density at radius 2 is 1.57 bits per heavy atom. The van der Waals surface area contributed by atoms with Crippen LogP contribution in [0.15, 0.2) is 78.9 Å². The maximum atomic E-state index is 13.1. The van der Waals surface area contributed by atoms with Crippen LogP contribution in [-0.4, -0.2) is 42.2 Å². The molecule has 37 heavy (non-hydrogen) atoms. The van der Waals surface area contributed by atoms with Gasteiger partial charge in [-0.15, -0.1) is 0 Å². The van der Waals surface area contributed by atoms with Crippen LogP contribution in [0.2, 0.25) is 0 Å². The molecule has 0 fully saturated rings. The predicted molar refractivity (Wildman–Crippen MR) is 133 cm³/mol. The molecule has 0 spiro atoms. The molecule has 1 aliphatic rings. The van der Waals surface area contributed by atoms with Gasteiger partial charge in [-0.25, -0.2) is 4.79 Å². The molecule has 1 atom stereocenters. The molecule has 0 aromatic heterocycles. The Morgan fingerprint density at radius 3 is 2.14 bits per heavy atom. The quantitative estimate of drug-likeness (QED) is 0.446. The summed E-state index contributed by atoms with van der Waals surface area (Å²) < 4.78 is 31.7. The zero-order valence-corrected chi connectivity index (χ0v) is 19.7. The molecule has 0 radical (unpaired) electrons. The number of carbonyl (C=O) groups is 3. The number of carboxylic acid groups (broad SMARTS) is 1. The number of hydrogen-bond acceptors (Lipinski definition) is 4. The summed E-state index contributed by atoms with van der Waals surface area (Å²) in [6, 6.07) is 24.2. The highest BCUT2D eigenvalue weighted by atomic mass is 19.4. The van der Waals surface area contributed by atoms with Crippen molar-refractivity contribution >= 4 is 29.2 Å². The summed E-state index contributed by atoms with van der Waals surface area (Å²) in [6.07, 6.45) is -3.00. The molecular weight excluding hydrogens is 487 g/mol. The number of benzene rings is 3. The van der Waals surface area contributed by atoms with Gasteiger partial charge in [-0.1, -0.05) is 42.5 Å². The molecule has 194 valence electrons. The summed E-state index contributed by atoms with van der Waals surface area (Å²) >= 11 is 0. The zero-order valence-electron chi connectivity index (χ0n) is 19.7. The number of carbonyl (C=O) groups excluding carboxylic acids is 2. The van der Waals surface area contributed by atoms with Gasteiger partial charge in [-0.05, 0) is 72.8 Å². The fourth-order valence-corrected chi connectivity index (χ4v) is 3.98. The summed E-state index contributed by atoms with van der Waals surface area (Å²) in [4.78, 5) is 36.4. The second-order valence-corrected chi connectivity index (χ2v) is 8.33. The van der Waals surface area contributed by atoms with Gasteiger partial charge >= 0.3 is 12.1 Å². The van der Waals surface area contributed by atoms with Crippen LogP contribution in [-0.2, 0) is 16.0 Å². The highest BCUT2D eigenvalue weighted by Gasteiger charge is 2.38. The van der Waals surface area contributed by atoms with Gasteiger partial charge in [0.25, 0.3) is 5.91 Å². The van der Waals surface area contributed by atoms with Gasteiger partial charge in [0, 0.05) is 16.9 Å². The number of halogens is 3. The lowest BCUT2D eigenvalue weighted by atomic mass is 10.0. The van der Waals surface area contributed by atoms with Crippen LogP contribution in [0.5, 0.6) is 0 Å². The van der Waals surface area contributed by atoms with Crippen molar-refractivity contribution in [2.45, 2.75) is 24.9 Å². The van der Waals surface area contributed by atoms with Crippen molar-refractivity contribution in [1.82, 2.24) is 0 Å². The first-order valence-electron chi connectivity index (χ1n) is 11.4. The number of amides is 2. The Bertz CT molecular complexity index is 1230. The number of nitrogens with one attached hydrogen (secondary N) is 1. The average Bonchev–Trinajstić information content (AvgIpc) is 3.30. The number of aliphatic carboxylic acids is 1. The number of aryl methyl sites for hydroxylation is 1. The Balaban J connectivity index is 0.000000479. The van der Waals surface area contributed by atoms with E-state index in [1.54, 1.807) is 12.1 Å². The third-order valence-electron chi connectivity index (χ3n) is 5.79. The zero-order chi connectivity index (χ0) is 27.0. The molecule has 3 aromatic carbocycles. The summed E-state index contributed by atoms with van der Waals surface area (Å²) in [5.74, 6) is -2.87. The van der Waals surface area contributed by atoms with Crippen molar-refractivity contribution < 1.29 is 32.7 Å². The van der Waals surface area contributed by atoms with Crippen LogP contribution in [0.25, 0.3) is 0 Å². The minimum absolute atomic E-state index is 0.0743. The van der Waals surface area contributed by atoms with Crippen LogP contribution < -0.4 is 16.0 Å². The van der Waals surface area contributed by atoms with Gasteiger partial charge in [0.05, 0.1) is 0 Å². The number of rotatable bonds is 6. The number of hydrogen-bond donors (Lipinski definition) is 3. The van der Waals surface area contributed by atoms with Gasteiger partial charge in [-0.3, -0.25) is 14.5 Å². The van der Waals surface area contributed by atoms with E-state index in [2.05, 4.69) is 11.4 Å². The van der Waals surface area contributed by atoms with Crippen LogP contribution >= 0.6 is 0 Å². The van der Waals surface area contributed by atoms with Gasteiger partial charge in [0.2, 0.25) is 5.91 Å². The molecule has 1 unspecified atom stereocenters. The van der Waals surface area contributed by atoms with E-state index in [1.165, 1.54) is 16.0 Å². The number of nitrogens with zero attached hydrogens (tertiary/aromatic N) is 1. The van der Waals surface area contributed by atoms with Crippen LogP contribution in [0.1, 0.15) is 33.8 Å². The van der Waals surface area contributed by atoms with Gasteiger partial charge in [-0.2, -0.15) is 13.2 Å². The number of alkyl halides is 3. The lowest BCUT2D eigenvalue weighted by Gasteiger charge is -2.22. The van der Waals surface area contributed by atoms with Gasteiger partial charge in [0.1, 0.15) is 6.54 Å². The minimum atomic E-state index is -5.08. The normalized spacial score (nSPS) is 14.1. The molecule has 4 N–H and O–H groups in total. The molecule has 1 aliphatic carbocycles.